The maximum absolute atomic E-state index is 12.9. The lowest BCUT2D eigenvalue weighted by atomic mass is 10.2. The van der Waals surface area contributed by atoms with Crippen LogP contribution >= 0.6 is 11.3 Å². The van der Waals surface area contributed by atoms with Gasteiger partial charge < -0.3 is 14.5 Å². The molecule has 0 saturated carbocycles. The molecule has 1 aliphatic heterocycles. The lowest BCUT2D eigenvalue weighted by Gasteiger charge is -2.34. The molecule has 4 rings (SSSR count). The second-order valence-electron chi connectivity index (χ2n) is 7.76. The van der Waals surface area contributed by atoms with Gasteiger partial charge in [-0.2, -0.15) is 0 Å². The first-order chi connectivity index (χ1) is 15.5. The van der Waals surface area contributed by atoms with E-state index >= 15 is 0 Å². The van der Waals surface area contributed by atoms with Crippen molar-refractivity contribution in [3.8, 4) is 0 Å². The molecule has 0 N–H and O–H groups in total. The Morgan fingerprint density at radius 2 is 1.88 bits per heavy atom. The number of amides is 2. The summed E-state index contributed by atoms with van der Waals surface area (Å²) in [5, 5.41) is 10.5. The van der Waals surface area contributed by atoms with Crippen molar-refractivity contribution in [3.63, 3.8) is 0 Å². The van der Waals surface area contributed by atoms with Gasteiger partial charge in [0, 0.05) is 45.6 Å². The number of hydrogen-bond donors (Lipinski definition) is 0. The molecular formula is C21H28N6O4S. The van der Waals surface area contributed by atoms with Crippen molar-refractivity contribution in [2.24, 2.45) is 0 Å². The van der Waals surface area contributed by atoms with E-state index in [1.54, 1.807) is 21.3 Å². The summed E-state index contributed by atoms with van der Waals surface area (Å²) >= 11 is 1.41. The van der Waals surface area contributed by atoms with Crippen molar-refractivity contribution in [1.29, 1.82) is 0 Å². The van der Waals surface area contributed by atoms with E-state index in [1.807, 2.05) is 15.8 Å². The van der Waals surface area contributed by atoms with Crippen molar-refractivity contribution in [3.05, 3.63) is 27.6 Å². The van der Waals surface area contributed by atoms with Gasteiger partial charge in [-0.05, 0) is 24.8 Å². The molecule has 0 radical (unpaired) electrons. The number of thiophene rings is 1. The number of fused-ring (bicyclic) bond motifs is 3. The van der Waals surface area contributed by atoms with Gasteiger partial charge in [0.05, 0.1) is 12.1 Å². The van der Waals surface area contributed by atoms with Gasteiger partial charge in [-0.1, -0.05) is 13.3 Å². The largest absolute Gasteiger partial charge is 0.450 e. The second kappa shape index (κ2) is 9.68. The first-order valence-electron chi connectivity index (χ1n) is 11.1. The first-order valence-corrected chi connectivity index (χ1v) is 12.0. The molecule has 1 saturated heterocycles. The third kappa shape index (κ3) is 4.21. The normalized spacial score (nSPS) is 14.4. The van der Waals surface area contributed by atoms with E-state index in [0.29, 0.717) is 68.5 Å². The number of aromatic nitrogens is 4. The van der Waals surface area contributed by atoms with Gasteiger partial charge in [-0.25, -0.2) is 4.79 Å². The average Bonchev–Trinajstić information content (AvgIpc) is 3.45. The Hall–Kier alpha value is -2.95. The summed E-state index contributed by atoms with van der Waals surface area (Å²) in [5.74, 6) is 1.22. The SMILES string of the molecule is CCCCn1c(=O)c2sccc2n2c(CCC(=O)N3CCN(C(=O)OCC)CC3)nnc12. The number of piperazine rings is 1. The van der Waals surface area contributed by atoms with E-state index in [2.05, 4.69) is 17.1 Å². The quantitative estimate of drug-likeness (QED) is 0.535. The summed E-state index contributed by atoms with van der Waals surface area (Å²) in [5.41, 5.74) is 0.753. The van der Waals surface area contributed by atoms with Gasteiger partial charge in [0.2, 0.25) is 11.7 Å². The topological polar surface area (TPSA) is 102 Å². The molecule has 1 fully saturated rings. The standard InChI is InChI=1S/C21H28N6O4S/c1-3-5-9-26-19(29)18-15(8-14-32-18)27-16(22-23-20(26)27)6-7-17(28)24-10-12-25(13-11-24)21(30)31-4-2/h8,14H,3-7,9-13H2,1-2H3. The Balaban J connectivity index is 1.48. The number of carbonyl (C=O) groups is 2. The molecule has 0 bridgehead atoms. The molecule has 3 aromatic rings. The summed E-state index contributed by atoms with van der Waals surface area (Å²) in [6.07, 6.45) is 2.24. The minimum Gasteiger partial charge on any atom is -0.450 e. The molecule has 4 heterocycles. The summed E-state index contributed by atoms with van der Waals surface area (Å²) in [7, 11) is 0. The lowest BCUT2D eigenvalue weighted by Crippen LogP contribution is -2.50. The average molecular weight is 461 g/mol. The third-order valence-electron chi connectivity index (χ3n) is 5.74. The molecule has 10 nitrogen and oxygen atoms in total. The molecule has 0 aromatic carbocycles. The van der Waals surface area contributed by atoms with Crippen LogP contribution in [0.3, 0.4) is 0 Å². The van der Waals surface area contributed by atoms with Gasteiger partial charge in [0.15, 0.2) is 0 Å². The second-order valence-corrected chi connectivity index (χ2v) is 8.68. The highest BCUT2D eigenvalue weighted by Crippen LogP contribution is 2.21. The van der Waals surface area contributed by atoms with Crippen LogP contribution in [0, 0.1) is 0 Å². The molecule has 2 amide bonds. The lowest BCUT2D eigenvalue weighted by molar-refractivity contribution is -0.132. The van der Waals surface area contributed by atoms with Crippen LogP contribution in [0.2, 0.25) is 0 Å². The van der Waals surface area contributed by atoms with Gasteiger partial charge in [0.25, 0.3) is 5.56 Å². The minimum atomic E-state index is -0.330. The Morgan fingerprint density at radius 3 is 2.59 bits per heavy atom. The van der Waals surface area contributed by atoms with Crippen LogP contribution in [0.5, 0.6) is 0 Å². The van der Waals surface area contributed by atoms with Gasteiger partial charge in [-0.15, -0.1) is 21.5 Å². The van der Waals surface area contributed by atoms with Crippen LogP contribution in [0.15, 0.2) is 16.2 Å². The number of carbonyl (C=O) groups excluding carboxylic acids is 2. The van der Waals surface area contributed by atoms with Crippen molar-refractivity contribution < 1.29 is 14.3 Å². The first kappa shape index (κ1) is 22.3. The number of hydrogen-bond acceptors (Lipinski definition) is 7. The van der Waals surface area contributed by atoms with E-state index in [4.69, 9.17) is 4.74 Å². The van der Waals surface area contributed by atoms with Crippen LogP contribution in [-0.4, -0.2) is 73.8 Å². The number of rotatable bonds is 7. The molecule has 0 spiro atoms. The predicted molar refractivity (Wildman–Crippen MR) is 121 cm³/mol. The fourth-order valence-corrected chi connectivity index (χ4v) is 4.81. The summed E-state index contributed by atoms with van der Waals surface area (Å²) in [6.45, 7) is 6.71. The van der Waals surface area contributed by atoms with Gasteiger partial charge >= 0.3 is 6.09 Å². The van der Waals surface area contributed by atoms with E-state index < -0.39 is 0 Å². The number of ether oxygens (including phenoxy) is 1. The Kier molecular flexibility index (Phi) is 6.73. The van der Waals surface area contributed by atoms with Crippen LogP contribution < -0.4 is 5.56 Å². The summed E-state index contributed by atoms with van der Waals surface area (Å²) < 4.78 is 9.31. The van der Waals surface area contributed by atoms with Gasteiger partial charge in [0.1, 0.15) is 10.5 Å². The molecule has 1 aliphatic rings. The van der Waals surface area contributed by atoms with E-state index in [1.165, 1.54) is 11.3 Å². The zero-order valence-electron chi connectivity index (χ0n) is 18.5. The number of nitrogens with zero attached hydrogens (tertiary/aromatic N) is 6. The van der Waals surface area contributed by atoms with Crippen LogP contribution in [0.25, 0.3) is 16.0 Å². The predicted octanol–water partition coefficient (Wildman–Crippen LogP) is 2.14. The Bertz CT molecular complexity index is 1170. The Morgan fingerprint density at radius 1 is 1.12 bits per heavy atom. The van der Waals surface area contributed by atoms with Gasteiger partial charge in [-0.3, -0.25) is 18.6 Å². The fraction of sp³-hybridized carbons (Fsp3) is 0.571. The maximum atomic E-state index is 12.9. The van der Waals surface area contributed by atoms with Crippen molar-refractivity contribution in [2.75, 3.05) is 32.8 Å². The van der Waals surface area contributed by atoms with Crippen LogP contribution in [0.1, 0.15) is 38.9 Å². The molecule has 11 heteroatoms. The van der Waals surface area contributed by atoms with E-state index in [0.717, 1.165) is 18.4 Å². The van der Waals surface area contributed by atoms with Crippen LogP contribution in [-0.2, 0) is 22.5 Å². The molecular weight excluding hydrogens is 432 g/mol. The highest BCUT2D eigenvalue weighted by molar-refractivity contribution is 7.17. The van der Waals surface area contributed by atoms with E-state index in [-0.39, 0.29) is 17.6 Å². The molecule has 3 aromatic heterocycles. The zero-order valence-corrected chi connectivity index (χ0v) is 19.3. The minimum absolute atomic E-state index is 0.0196. The maximum Gasteiger partial charge on any atom is 0.409 e. The van der Waals surface area contributed by atoms with Crippen molar-refractivity contribution >= 4 is 39.3 Å². The Labute approximate surface area is 189 Å². The zero-order chi connectivity index (χ0) is 22.7. The molecule has 0 unspecified atom stereocenters. The van der Waals surface area contributed by atoms with E-state index in [9.17, 15) is 14.4 Å². The number of aryl methyl sites for hydroxylation is 2. The smallest absolute Gasteiger partial charge is 0.409 e. The van der Waals surface area contributed by atoms with Crippen molar-refractivity contribution in [2.45, 2.75) is 46.1 Å². The molecule has 172 valence electrons. The number of unbranched alkanes of at least 4 members (excludes halogenated alkanes) is 1. The molecule has 0 aliphatic carbocycles. The third-order valence-corrected chi connectivity index (χ3v) is 6.63. The van der Waals surface area contributed by atoms with Crippen LogP contribution in [0.4, 0.5) is 4.79 Å². The monoisotopic (exact) mass is 460 g/mol. The fourth-order valence-electron chi connectivity index (χ4n) is 3.99. The molecule has 32 heavy (non-hydrogen) atoms. The highest BCUT2D eigenvalue weighted by Gasteiger charge is 2.25. The highest BCUT2D eigenvalue weighted by atomic mass is 32.1. The summed E-state index contributed by atoms with van der Waals surface area (Å²) in [4.78, 5) is 40.9. The molecule has 0 atom stereocenters. The van der Waals surface area contributed by atoms with Crippen molar-refractivity contribution in [1.82, 2.24) is 29.0 Å². The summed E-state index contributed by atoms with van der Waals surface area (Å²) in [6, 6.07) is 1.90.